The average molecular weight is 501 g/mol. The molecule has 0 saturated carbocycles. The van der Waals surface area contributed by atoms with Crippen LogP contribution in [0.15, 0.2) is 69.6 Å². The lowest BCUT2D eigenvalue weighted by molar-refractivity contribution is -0.118. The maximum atomic E-state index is 11.9. The fraction of sp³-hybridized carbons (Fsp3) is 0.182. The predicted octanol–water partition coefficient (Wildman–Crippen LogP) is 4.38. The normalized spacial score (nSPS) is 10.8. The summed E-state index contributed by atoms with van der Waals surface area (Å²) in [5.74, 6) is 1.08. The van der Waals surface area contributed by atoms with Gasteiger partial charge in [-0.15, -0.1) is 0 Å². The number of nitrogens with one attached hydrogen (secondary N) is 1. The predicted molar refractivity (Wildman–Crippen MR) is 125 cm³/mol. The minimum atomic E-state index is -0.252. The van der Waals surface area contributed by atoms with Crippen molar-refractivity contribution in [2.45, 2.75) is 18.7 Å². The number of nitrogens with zero attached hydrogens (tertiary/aromatic N) is 3. The molecule has 160 valence electrons. The van der Waals surface area contributed by atoms with Gasteiger partial charge in [-0.2, -0.15) is 5.10 Å². The highest BCUT2D eigenvalue weighted by molar-refractivity contribution is 9.10. The summed E-state index contributed by atoms with van der Waals surface area (Å²) in [5, 5.41) is 4.54. The molecule has 3 aromatic rings. The van der Waals surface area contributed by atoms with Crippen LogP contribution in [0.2, 0.25) is 0 Å². The highest BCUT2D eigenvalue weighted by Gasteiger charge is 2.12. The van der Waals surface area contributed by atoms with E-state index in [1.54, 1.807) is 37.9 Å². The van der Waals surface area contributed by atoms with E-state index in [2.05, 4.69) is 36.4 Å². The summed E-state index contributed by atoms with van der Waals surface area (Å²) in [5.41, 5.74) is 5.49. The highest BCUT2D eigenvalue weighted by atomic mass is 79.9. The van der Waals surface area contributed by atoms with E-state index in [4.69, 9.17) is 9.47 Å². The van der Waals surface area contributed by atoms with Gasteiger partial charge in [0, 0.05) is 12.4 Å². The molecule has 0 atom stereocenters. The number of hydrazone groups is 1. The van der Waals surface area contributed by atoms with Gasteiger partial charge in [0.15, 0.2) is 16.7 Å². The summed E-state index contributed by atoms with van der Waals surface area (Å²) in [4.78, 5) is 20.0. The zero-order valence-electron chi connectivity index (χ0n) is 17.0. The van der Waals surface area contributed by atoms with Crippen molar-refractivity contribution in [3.63, 3.8) is 0 Å². The van der Waals surface area contributed by atoms with Crippen LogP contribution in [0.5, 0.6) is 11.5 Å². The Morgan fingerprint density at radius 3 is 2.68 bits per heavy atom. The van der Waals surface area contributed by atoms with Crippen LogP contribution < -0.4 is 14.9 Å². The Hall–Kier alpha value is -2.91. The number of ether oxygens (including phenoxy) is 2. The third-order valence-electron chi connectivity index (χ3n) is 4.03. The molecule has 1 amide bonds. The molecule has 0 saturated heterocycles. The topological polar surface area (TPSA) is 85.7 Å². The van der Waals surface area contributed by atoms with Gasteiger partial charge in [0.2, 0.25) is 0 Å². The number of benzene rings is 2. The van der Waals surface area contributed by atoms with E-state index in [-0.39, 0.29) is 11.7 Å². The number of methoxy groups -OCH3 is 1. The molecule has 1 heterocycles. The van der Waals surface area contributed by atoms with Crippen LogP contribution >= 0.6 is 27.7 Å². The Bertz CT molecular complexity index is 1050. The van der Waals surface area contributed by atoms with Crippen molar-refractivity contribution in [1.82, 2.24) is 15.4 Å². The molecule has 7 nitrogen and oxygen atoms in total. The second kappa shape index (κ2) is 11.5. The minimum Gasteiger partial charge on any atom is -0.493 e. The molecular weight excluding hydrogens is 480 g/mol. The van der Waals surface area contributed by atoms with Gasteiger partial charge >= 0.3 is 0 Å². The number of hydrogen-bond donors (Lipinski definition) is 1. The number of thioether (sulfide) groups is 1. The monoisotopic (exact) mass is 500 g/mol. The van der Waals surface area contributed by atoms with E-state index >= 15 is 0 Å². The number of halogens is 1. The van der Waals surface area contributed by atoms with Crippen LogP contribution in [0.1, 0.15) is 16.7 Å². The first kappa shape index (κ1) is 22.8. The van der Waals surface area contributed by atoms with Crippen LogP contribution in [0.4, 0.5) is 0 Å². The quantitative estimate of drug-likeness (QED) is 0.203. The number of aryl methyl sites for hydroxylation is 1. The molecule has 0 spiro atoms. The van der Waals surface area contributed by atoms with Crippen LogP contribution in [0.25, 0.3) is 0 Å². The maximum absolute atomic E-state index is 11.9. The second-order valence-electron chi connectivity index (χ2n) is 6.42. The zero-order valence-corrected chi connectivity index (χ0v) is 19.4. The molecule has 0 radical (unpaired) electrons. The Balaban J connectivity index is 1.58. The van der Waals surface area contributed by atoms with E-state index in [0.29, 0.717) is 23.3 Å². The molecule has 3 rings (SSSR count). The minimum absolute atomic E-state index is 0.167. The molecule has 0 unspecified atom stereocenters. The molecule has 1 aromatic heterocycles. The number of aromatic nitrogens is 2. The molecule has 31 heavy (non-hydrogen) atoms. The molecule has 0 fully saturated rings. The standard InChI is InChI=1S/C22H21BrN4O3S/c1-15-4-6-16(7-5-15)13-30-21-18(23)10-17(11-19(21)29-2)12-26-27-20(28)14-31-22-24-8-3-9-25-22/h3-12H,13-14H2,1-2H3,(H,27,28)/b26-12-. The molecule has 0 aliphatic heterocycles. The maximum Gasteiger partial charge on any atom is 0.250 e. The average Bonchev–Trinajstić information content (AvgIpc) is 2.78. The largest absolute Gasteiger partial charge is 0.493 e. The summed E-state index contributed by atoms with van der Waals surface area (Å²) in [6, 6.07) is 13.5. The fourth-order valence-electron chi connectivity index (χ4n) is 2.50. The van der Waals surface area contributed by atoms with Gasteiger partial charge in [0.05, 0.1) is 23.5 Å². The summed E-state index contributed by atoms with van der Waals surface area (Å²) < 4.78 is 12.1. The number of carbonyl (C=O) groups is 1. The van der Waals surface area contributed by atoms with Crippen molar-refractivity contribution in [3.05, 3.63) is 76.0 Å². The van der Waals surface area contributed by atoms with Crippen molar-refractivity contribution in [2.75, 3.05) is 12.9 Å². The molecule has 0 bridgehead atoms. The van der Waals surface area contributed by atoms with Gasteiger partial charge < -0.3 is 9.47 Å². The Morgan fingerprint density at radius 2 is 1.97 bits per heavy atom. The van der Waals surface area contributed by atoms with E-state index in [1.165, 1.54) is 17.3 Å². The number of rotatable bonds is 9. The SMILES string of the molecule is COc1cc(/C=N\NC(=O)CSc2ncccn2)cc(Br)c1OCc1ccc(C)cc1. The van der Waals surface area contributed by atoms with Crippen molar-refractivity contribution < 1.29 is 14.3 Å². The first-order chi connectivity index (χ1) is 15.0. The Morgan fingerprint density at radius 1 is 1.23 bits per heavy atom. The lowest BCUT2D eigenvalue weighted by Gasteiger charge is -2.13. The fourth-order valence-corrected chi connectivity index (χ4v) is 3.67. The first-order valence-electron chi connectivity index (χ1n) is 9.33. The second-order valence-corrected chi connectivity index (χ2v) is 8.22. The molecule has 1 N–H and O–H groups in total. The summed E-state index contributed by atoms with van der Waals surface area (Å²) >= 11 is 4.76. The Kier molecular flexibility index (Phi) is 8.43. The van der Waals surface area contributed by atoms with Crippen molar-refractivity contribution >= 4 is 39.8 Å². The summed E-state index contributed by atoms with van der Waals surface area (Å²) in [6.07, 6.45) is 4.80. The van der Waals surface area contributed by atoms with Crippen LogP contribution in [0.3, 0.4) is 0 Å². The van der Waals surface area contributed by atoms with Gasteiger partial charge in [-0.25, -0.2) is 15.4 Å². The van der Waals surface area contributed by atoms with Crippen molar-refractivity contribution in [2.24, 2.45) is 5.10 Å². The van der Waals surface area contributed by atoms with Crippen molar-refractivity contribution in [1.29, 1.82) is 0 Å². The lowest BCUT2D eigenvalue weighted by atomic mass is 10.2. The number of carbonyl (C=O) groups excluding carboxylic acids is 1. The van der Waals surface area contributed by atoms with E-state index in [9.17, 15) is 4.79 Å². The van der Waals surface area contributed by atoms with Gasteiger partial charge in [-0.1, -0.05) is 41.6 Å². The van der Waals surface area contributed by atoms with Gasteiger partial charge in [-0.3, -0.25) is 4.79 Å². The zero-order chi connectivity index (χ0) is 22.1. The highest BCUT2D eigenvalue weighted by Crippen LogP contribution is 2.36. The van der Waals surface area contributed by atoms with E-state index in [1.807, 2.05) is 37.3 Å². The lowest BCUT2D eigenvalue weighted by Crippen LogP contribution is -2.19. The van der Waals surface area contributed by atoms with Crippen LogP contribution in [-0.2, 0) is 11.4 Å². The number of hydrogen-bond acceptors (Lipinski definition) is 7. The smallest absolute Gasteiger partial charge is 0.250 e. The molecular formula is C22H21BrN4O3S. The van der Waals surface area contributed by atoms with Gasteiger partial charge in [0.25, 0.3) is 5.91 Å². The van der Waals surface area contributed by atoms with E-state index < -0.39 is 0 Å². The summed E-state index contributed by atoms with van der Waals surface area (Å²) in [7, 11) is 1.58. The van der Waals surface area contributed by atoms with E-state index in [0.717, 1.165) is 15.6 Å². The molecule has 9 heteroatoms. The Labute approximate surface area is 193 Å². The van der Waals surface area contributed by atoms with Gasteiger partial charge in [-0.05, 0) is 52.2 Å². The van der Waals surface area contributed by atoms with Crippen molar-refractivity contribution in [3.8, 4) is 11.5 Å². The first-order valence-corrected chi connectivity index (χ1v) is 11.1. The van der Waals surface area contributed by atoms with Gasteiger partial charge in [0.1, 0.15) is 6.61 Å². The summed E-state index contributed by atoms with van der Waals surface area (Å²) in [6.45, 7) is 2.46. The molecule has 2 aromatic carbocycles. The number of amides is 1. The molecule has 0 aliphatic rings. The molecule has 0 aliphatic carbocycles. The van der Waals surface area contributed by atoms with Crippen LogP contribution in [-0.4, -0.2) is 35.0 Å². The third kappa shape index (κ3) is 7.08. The van der Waals surface area contributed by atoms with Crippen LogP contribution in [0, 0.1) is 6.92 Å². The third-order valence-corrected chi connectivity index (χ3v) is 5.50.